The third-order valence-electron chi connectivity index (χ3n) is 4.43. The second kappa shape index (κ2) is 5.02. The second-order valence-electron chi connectivity index (χ2n) is 5.90. The molecule has 0 spiro atoms. The van der Waals surface area contributed by atoms with Gasteiger partial charge in [0.05, 0.1) is 11.8 Å². The molecular formula is C17H19N5. The third-order valence-corrected chi connectivity index (χ3v) is 4.43. The predicted molar refractivity (Wildman–Crippen MR) is 88.5 cm³/mol. The molecule has 22 heavy (non-hydrogen) atoms. The number of imidazole rings is 1. The van der Waals surface area contributed by atoms with E-state index < -0.39 is 0 Å². The molecular weight excluding hydrogens is 274 g/mol. The monoisotopic (exact) mass is 293 g/mol. The van der Waals surface area contributed by atoms with Crippen molar-refractivity contribution < 1.29 is 0 Å². The minimum atomic E-state index is 0.557. The van der Waals surface area contributed by atoms with E-state index in [1.165, 1.54) is 16.6 Å². The van der Waals surface area contributed by atoms with Crippen molar-refractivity contribution in [2.24, 2.45) is 0 Å². The average Bonchev–Trinajstić information content (AvgIpc) is 3.13. The van der Waals surface area contributed by atoms with Gasteiger partial charge in [-0.2, -0.15) is 0 Å². The molecule has 0 aliphatic heterocycles. The topological polar surface area (TPSA) is 82.8 Å². The number of anilines is 2. The van der Waals surface area contributed by atoms with Gasteiger partial charge in [-0.15, -0.1) is 0 Å². The Morgan fingerprint density at radius 1 is 1.09 bits per heavy atom. The molecule has 1 aliphatic carbocycles. The first-order chi connectivity index (χ1) is 10.7. The number of pyridine rings is 1. The zero-order valence-corrected chi connectivity index (χ0v) is 12.4. The van der Waals surface area contributed by atoms with Crippen molar-refractivity contribution in [3.8, 4) is 0 Å². The van der Waals surface area contributed by atoms with E-state index in [9.17, 15) is 0 Å². The second-order valence-corrected chi connectivity index (χ2v) is 5.90. The van der Waals surface area contributed by atoms with Crippen molar-refractivity contribution >= 4 is 22.5 Å². The lowest BCUT2D eigenvalue weighted by molar-refractivity contribution is 0.713. The number of rotatable bonds is 3. The van der Waals surface area contributed by atoms with Crippen LogP contribution in [0, 0.1) is 0 Å². The summed E-state index contributed by atoms with van der Waals surface area (Å²) in [6.07, 6.45) is 6.09. The molecule has 2 heterocycles. The van der Waals surface area contributed by atoms with Crippen molar-refractivity contribution in [1.29, 1.82) is 0 Å². The highest BCUT2D eigenvalue weighted by atomic mass is 15.1. The predicted octanol–water partition coefficient (Wildman–Crippen LogP) is 2.33. The van der Waals surface area contributed by atoms with Crippen molar-refractivity contribution in [2.45, 2.75) is 32.2 Å². The van der Waals surface area contributed by atoms with Crippen molar-refractivity contribution in [1.82, 2.24) is 14.5 Å². The van der Waals surface area contributed by atoms with Crippen LogP contribution in [-0.4, -0.2) is 14.5 Å². The van der Waals surface area contributed by atoms with Crippen LogP contribution in [0.4, 0.5) is 11.5 Å². The summed E-state index contributed by atoms with van der Waals surface area (Å²) in [4.78, 5) is 8.99. The maximum absolute atomic E-state index is 6.07. The molecule has 0 fully saturated rings. The molecule has 0 saturated heterocycles. The van der Waals surface area contributed by atoms with Crippen molar-refractivity contribution in [2.75, 3.05) is 11.5 Å². The lowest BCUT2D eigenvalue weighted by atomic mass is 10.1. The number of hydrogen-bond acceptors (Lipinski definition) is 4. The normalized spacial score (nSPS) is 13.6. The molecule has 0 amide bonds. The number of aryl methyl sites for hydroxylation is 4. The van der Waals surface area contributed by atoms with Gasteiger partial charge in [0, 0.05) is 17.9 Å². The van der Waals surface area contributed by atoms with E-state index in [-0.39, 0.29) is 0 Å². The Morgan fingerprint density at radius 2 is 1.91 bits per heavy atom. The molecule has 112 valence electrons. The molecule has 2 aromatic heterocycles. The zero-order valence-electron chi connectivity index (χ0n) is 12.4. The van der Waals surface area contributed by atoms with E-state index in [2.05, 4.69) is 26.7 Å². The van der Waals surface area contributed by atoms with Crippen LogP contribution in [-0.2, 0) is 25.8 Å². The summed E-state index contributed by atoms with van der Waals surface area (Å²) in [6.45, 7) is 0.885. The van der Waals surface area contributed by atoms with Crippen LogP contribution in [0.3, 0.4) is 0 Å². The fourth-order valence-electron chi connectivity index (χ4n) is 3.29. The Bertz CT molecular complexity index is 832. The van der Waals surface area contributed by atoms with Crippen LogP contribution < -0.4 is 11.5 Å². The number of nitrogens with zero attached hydrogens (tertiary/aromatic N) is 3. The van der Waals surface area contributed by atoms with E-state index in [0.29, 0.717) is 5.82 Å². The van der Waals surface area contributed by atoms with E-state index in [1.54, 1.807) is 0 Å². The van der Waals surface area contributed by atoms with E-state index in [0.717, 1.165) is 49.1 Å². The number of aromatic nitrogens is 3. The van der Waals surface area contributed by atoms with Gasteiger partial charge in [-0.3, -0.25) is 0 Å². The summed E-state index contributed by atoms with van der Waals surface area (Å²) < 4.78 is 2.22. The highest BCUT2D eigenvalue weighted by molar-refractivity contribution is 5.88. The maximum atomic E-state index is 6.07. The van der Waals surface area contributed by atoms with Crippen LogP contribution in [0.2, 0.25) is 0 Å². The molecule has 0 atom stereocenters. The summed E-state index contributed by atoms with van der Waals surface area (Å²) in [5, 5.41) is 0. The molecule has 0 bridgehead atoms. The molecule has 4 N–H and O–H groups in total. The molecule has 3 aromatic rings. The first-order valence-electron chi connectivity index (χ1n) is 7.69. The highest BCUT2D eigenvalue weighted by Crippen LogP contribution is 2.30. The largest absolute Gasteiger partial charge is 0.399 e. The molecule has 0 unspecified atom stereocenters. The van der Waals surface area contributed by atoms with Gasteiger partial charge in [0.2, 0.25) is 0 Å². The van der Waals surface area contributed by atoms with Crippen LogP contribution in [0.5, 0.6) is 0 Å². The fourth-order valence-corrected chi connectivity index (χ4v) is 3.29. The fraction of sp³-hybridized carbons (Fsp3) is 0.294. The standard InChI is InChI=1S/C17H19N5/c18-12-6-4-11(5-7-12)8-9-22-10-20-15-16(22)13-2-1-3-14(13)21-17(15)19/h4-7,10H,1-3,8-9,18H2,(H2,19,21). The molecule has 1 aromatic carbocycles. The SMILES string of the molecule is Nc1ccc(CCn2cnc3c(N)nc4c(c32)CCC4)cc1. The van der Waals surface area contributed by atoms with Gasteiger partial charge in [-0.1, -0.05) is 12.1 Å². The Balaban J connectivity index is 1.69. The summed E-state index contributed by atoms with van der Waals surface area (Å²) >= 11 is 0. The van der Waals surface area contributed by atoms with Crippen molar-refractivity contribution in [3.63, 3.8) is 0 Å². The number of fused-ring (bicyclic) bond motifs is 3. The van der Waals surface area contributed by atoms with Gasteiger partial charge < -0.3 is 16.0 Å². The molecule has 5 heteroatoms. The summed E-state index contributed by atoms with van der Waals surface area (Å²) in [6, 6.07) is 8.05. The molecule has 1 aliphatic rings. The van der Waals surface area contributed by atoms with Gasteiger partial charge in [0.15, 0.2) is 5.82 Å². The first kappa shape index (κ1) is 13.1. The summed E-state index contributed by atoms with van der Waals surface area (Å²) in [5.41, 5.74) is 18.4. The van der Waals surface area contributed by atoms with E-state index in [4.69, 9.17) is 11.5 Å². The molecule has 0 radical (unpaired) electrons. The summed E-state index contributed by atoms with van der Waals surface area (Å²) in [5.74, 6) is 0.557. The third kappa shape index (κ3) is 2.09. The number of benzene rings is 1. The maximum Gasteiger partial charge on any atom is 0.151 e. The zero-order chi connectivity index (χ0) is 15.1. The van der Waals surface area contributed by atoms with Gasteiger partial charge in [0.25, 0.3) is 0 Å². The smallest absolute Gasteiger partial charge is 0.151 e. The van der Waals surface area contributed by atoms with Crippen molar-refractivity contribution in [3.05, 3.63) is 47.4 Å². The molecule has 5 nitrogen and oxygen atoms in total. The highest BCUT2D eigenvalue weighted by Gasteiger charge is 2.20. The van der Waals surface area contributed by atoms with Crippen LogP contribution in [0.25, 0.3) is 11.0 Å². The van der Waals surface area contributed by atoms with Gasteiger partial charge >= 0.3 is 0 Å². The van der Waals surface area contributed by atoms with Crippen LogP contribution >= 0.6 is 0 Å². The number of hydrogen-bond donors (Lipinski definition) is 2. The minimum Gasteiger partial charge on any atom is -0.399 e. The van der Waals surface area contributed by atoms with Gasteiger partial charge in [-0.05, 0) is 48.9 Å². The number of nitrogens with two attached hydrogens (primary N) is 2. The van der Waals surface area contributed by atoms with Crippen LogP contribution in [0.1, 0.15) is 23.2 Å². The average molecular weight is 293 g/mol. The lowest BCUT2D eigenvalue weighted by Crippen LogP contribution is -2.04. The summed E-state index contributed by atoms with van der Waals surface area (Å²) in [7, 11) is 0. The Morgan fingerprint density at radius 3 is 2.73 bits per heavy atom. The lowest BCUT2D eigenvalue weighted by Gasteiger charge is -2.09. The van der Waals surface area contributed by atoms with Crippen LogP contribution in [0.15, 0.2) is 30.6 Å². The Labute approximate surface area is 129 Å². The van der Waals surface area contributed by atoms with E-state index >= 15 is 0 Å². The first-order valence-corrected chi connectivity index (χ1v) is 7.69. The van der Waals surface area contributed by atoms with E-state index in [1.807, 2.05) is 18.5 Å². The quantitative estimate of drug-likeness (QED) is 0.726. The molecule has 4 rings (SSSR count). The minimum absolute atomic E-state index is 0.557. The van der Waals surface area contributed by atoms with Gasteiger partial charge in [-0.25, -0.2) is 9.97 Å². The van der Waals surface area contributed by atoms with Gasteiger partial charge in [0.1, 0.15) is 5.52 Å². The Hall–Kier alpha value is -2.56. The molecule has 0 saturated carbocycles. The number of nitrogen functional groups attached to an aromatic ring is 2. The Kier molecular flexibility index (Phi) is 2.99.